The van der Waals surface area contributed by atoms with Crippen LogP contribution in [-0.4, -0.2) is 33.7 Å². The zero-order valence-corrected chi connectivity index (χ0v) is 14.6. The van der Waals surface area contributed by atoms with Gasteiger partial charge in [0.15, 0.2) is 9.84 Å². The van der Waals surface area contributed by atoms with Crippen molar-refractivity contribution in [2.45, 2.75) is 29.6 Å². The van der Waals surface area contributed by atoms with Crippen LogP contribution < -0.4 is 0 Å². The number of sulfone groups is 1. The maximum Gasteiger partial charge on any atom is 0.338 e. The maximum absolute atomic E-state index is 12.4. The minimum absolute atomic E-state index is 0.0365. The third kappa shape index (κ3) is 4.67. The number of rotatable bonds is 6. The van der Waals surface area contributed by atoms with E-state index in [1.165, 1.54) is 0 Å². The van der Waals surface area contributed by atoms with Gasteiger partial charge < -0.3 is 9.47 Å². The van der Waals surface area contributed by atoms with Gasteiger partial charge in [-0.15, -0.1) is 0 Å². The third-order valence-electron chi connectivity index (χ3n) is 4.05. The van der Waals surface area contributed by atoms with E-state index >= 15 is 0 Å². The van der Waals surface area contributed by atoms with Gasteiger partial charge in [-0.25, -0.2) is 13.2 Å². The van der Waals surface area contributed by atoms with Gasteiger partial charge in [0, 0.05) is 6.61 Å². The van der Waals surface area contributed by atoms with Crippen molar-refractivity contribution in [2.75, 3.05) is 13.2 Å². The van der Waals surface area contributed by atoms with Crippen molar-refractivity contribution in [3.8, 4) is 0 Å². The Balaban J connectivity index is 1.67. The Hall–Kier alpha value is -2.18. The van der Waals surface area contributed by atoms with E-state index in [9.17, 15) is 13.2 Å². The molecule has 5 nitrogen and oxygen atoms in total. The van der Waals surface area contributed by atoms with Crippen LogP contribution in [0.4, 0.5) is 0 Å². The second-order valence-electron chi connectivity index (χ2n) is 6.01. The SMILES string of the molecule is O=C(OCC1CCCO1)c1cccc(CS(=O)(=O)c2ccccc2)c1. The molecule has 1 saturated heterocycles. The highest BCUT2D eigenvalue weighted by atomic mass is 32.2. The topological polar surface area (TPSA) is 69.7 Å². The molecule has 1 aliphatic rings. The van der Waals surface area contributed by atoms with Gasteiger partial charge in [-0.05, 0) is 42.7 Å². The summed E-state index contributed by atoms with van der Waals surface area (Å²) in [5, 5.41) is 0. The molecule has 3 rings (SSSR count). The maximum atomic E-state index is 12.4. The molecule has 0 bridgehead atoms. The first-order valence-electron chi connectivity index (χ1n) is 8.20. The normalized spacial score (nSPS) is 17.4. The molecular formula is C19H20O5S. The molecule has 0 saturated carbocycles. The van der Waals surface area contributed by atoms with E-state index < -0.39 is 15.8 Å². The molecule has 1 atom stereocenters. The fourth-order valence-electron chi connectivity index (χ4n) is 2.75. The number of hydrogen-bond donors (Lipinski definition) is 0. The molecule has 132 valence electrons. The molecule has 1 aliphatic heterocycles. The summed E-state index contributed by atoms with van der Waals surface area (Å²) >= 11 is 0. The average molecular weight is 360 g/mol. The smallest absolute Gasteiger partial charge is 0.338 e. The Morgan fingerprint density at radius 1 is 1.12 bits per heavy atom. The molecule has 6 heteroatoms. The van der Waals surface area contributed by atoms with Crippen molar-refractivity contribution in [1.29, 1.82) is 0 Å². The van der Waals surface area contributed by atoms with Crippen LogP contribution in [0, 0.1) is 0 Å². The second-order valence-corrected chi connectivity index (χ2v) is 8.00. The highest BCUT2D eigenvalue weighted by Gasteiger charge is 2.19. The summed E-state index contributed by atoms with van der Waals surface area (Å²) in [5.41, 5.74) is 0.897. The molecule has 1 fully saturated rings. The van der Waals surface area contributed by atoms with Crippen LogP contribution >= 0.6 is 0 Å². The summed E-state index contributed by atoms with van der Waals surface area (Å²) in [6, 6.07) is 14.8. The molecule has 1 heterocycles. The number of hydrogen-bond acceptors (Lipinski definition) is 5. The third-order valence-corrected chi connectivity index (χ3v) is 5.75. The fraction of sp³-hybridized carbons (Fsp3) is 0.316. The molecule has 1 unspecified atom stereocenters. The van der Waals surface area contributed by atoms with E-state index in [0.29, 0.717) is 17.7 Å². The fourth-order valence-corrected chi connectivity index (χ4v) is 4.10. The molecule has 0 N–H and O–H groups in total. The van der Waals surface area contributed by atoms with Crippen LogP contribution in [0.5, 0.6) is 0 Å². The lowest BCUT2D eigenvalue weighted by molar-refractivity contribution is 0.0161. The van der Waals surface area contributed by atoms with Crippen LogP contribution in [0.25, 0.3) is 0 Å². The van der Waals surface area contributed by atoms with Crippen LogP contribution in [0.2, 0.25) is 0 Å². The number of benzene rings is 2. The number of carbonyl (C=O) groups is 1. The molecule has 0 amide bonds. The molecule has 2 aromatic rings. The van der Waals surface area contributed by atoms with Gasteiger partial charge in [0.05, 0.1) is 22.3 Å². The van der Waals surface area contributed by atoms with Crippen LogP contribution in [-0.2, 0) is 25.1 Å². The minimum Gasteiger partial charge on any atom is -0.459 e. The number of ether oxygens (including phenoxy) is 2. The molecular weight excluding hydrogens is 340 g/mol. The quantitative estimate of drug-likeness (QED) is 0.741. The molecule has 25 heavy (non-hydrogen) atoms. The first kappa shape index (κ1) is 17.6. The minimum atomic E-state index is -3.45. The molecule has 0 aliphatic carbocycles. The van der Waals surface area contributed by atoms with Gasteiger partial charge in [-0.2, -0.15) is 0 Å². The van der Waals surface area contributed by atoms with Gasteiger partial charge in [0.1, 0.15) is 6.61 Å². The van der Waals surface area contributed by atoms with Crippen molar-refractivity contribution < 1.29 is 22.7 Å². The van der Waals surface area contributed by atoms with Gasteiger partial charge in [0.2, 0.25) is 0 Å². The van der Waals surface area contributed by atoms with Crippen molar-refractivity contribution in [1.82, 2.24) is 0 Å². The Kier molecular flexibility index (Phi) is 5.50. The lowest BCUT2D eigenvalue weighted by Crippen LogP contribution is -2.18. The predicted octanol–water partition coefficient (Wildman–Crippen LogP) is 3.00. The van der Waals surface area contributed by atoms with Gasteiger partial charge in [-0.1, -0.05) is 30.3 Å². The summed E-state index contributed by atoms with van der Waals surface area (Å²) in [6.45, 7) is 0.931. The lowest BCUT2D eigenvalue weighted by atomic mass is 10.1. The zero-order valence-electron chi connectivity index (χ0n) is 13.8. The van der Waals surface area contributed by atoms with E-state index in [4.69, 9.17) is 9.47 Å². The monoisotopic (exact) mass is 360 g/mol. The number of carbonyl (C=O) groups excluding carboxylic acids is 1. The van der Waals surface area contributed by atoms with Gasteiger partial charge in [0.25, 0.3) is 0 Å². The van der Waals surface area contributed by atoms with E-state index in [2.05, 4.69) is 0 Å². The van der Waals surface area contributed by atoms with Crippen LogP contribution in [0.1, 0.15) is 28.8 Å². The van der Waals surface area contributed by atoms with Gasteiger partial charge >= 0.3 is 5.97 Å². The van der Waals surface area contributed by atoms with Crippen molar-refractivity contribution in [3.05, 3.63) is 65.7 Å². The van der Waals surface area contributed by atoms with Crippen LogP contribution in [0.3, 0.4) is 0 Å². The Morgan fingerprint density at radius 2 is 1.92 bits per heavy atom. The summed E-state index contributed by atoms with van der Waals surface area (Å²) in [4.78, 5) is 12.4. The highest BCUT2D eigenvalue weighted by molar-refractivity contribution is 7.90. The Bertz CT molecular complexity index is 824. The van der Waals surface area contributed by atoms with E-state index in [1.807, 2.05) is 0 Å². The summed E-state index contributed by atoms with van der Waals surface area (Å²) in [7, 11) is -3.45. The van der Waals surface area contributed by atoms with Crippen molar-refractivity contribution in [3.63, 3.8) is 0 Å². The van der Waals surface area contributed by atoms with E-state index in [-0.39, 0.29) is 23.4 Å². The average Bonchev–Trinajstić information content (AvgIpc) is 3.14. The molecule has 0 aromatic heterocycles. The number of esters is 1. The molecule has 0 spiro atoms. The second kappa shape index (κ2) is 7.80. The van der Waals surface area contributed by atoms with Gasteiger partial charge in [-0.3, -0.25) is 0 Å². The first-order chi connectivity index (χ1) is 12.0. The lowest BCUT2D eigenvalue weighted by Gasteiger charge is -2.11. The zero-order chi connectivity index (χ0) is 17.7. The Morgan fingerprint density at radius 3 is 2.64 bits per heavy atom. The first-order valence-corrected chi connectivity index (χ1v) is 9.85. The summed E-state index contributed by atoms with van der Waals surface area (Å²) < 4.78 is 35.6. The van der Waals surface area contributed by atoms with Crippen LogP contribution in [0.15, 0.2) is 59.5 Å². The van der Waals surface area contributed by atoms with E-state index in [1.54, 1.807) is 54.6 Å². The summed E-state index contributed by atoms with van der Waals surface area (Å²) in [6.07, 6.45) is 1.84. The highest BCUT2D eigenvalue weighted by Crippen LogP contribution is 2.18. The van der Waals surface area contributed by atoms with Crippen molar-refractivity contribution in [2.24, 2.45) is 0 Å². The predicted molar refractivity (Wildman–Crippen MR) is 93.0 cm³/mol. The molecule has 0 radical (unpaired) electrons. The van der Waals surface area contributed by atoms with E-state index in [0.717, 1.165) is 12.8 Å². The Labute approximate surface area is 147 Å². The van der Waals surface area contributed by atoms with Crippen molar-refractivity contribution >= 4 is 15.8 Å². The molecule has 2 aromatic carbocycles. The summed E-state index contributed by atoms with van der Waals surface area (Å²) in [5.74, 6) is -0.626. The largest absolute Gasteiger partial charge is 0.459 e. The standard InChI is InChI=1S/C19H20O5S/c20-19(24-13-17-8-5-11-23-17)16-7-4-6-15(12-16)14-25(21,22)18-9-2-1-3-10-18/h1-4,6-7,9-10,12,17H,5,8,11,13-14H2.